The Morgan fingerprint density at radius 3 is 2.55 bits per heavy atom. The molecule has 0 unspecified atom stereocenters. The Kier molecular flexibility index (Phi) is 8.17. The fourth-order valence-corrected chi connectivity index (χ4v) is 5.87. The number of aromatic nitrogens is 2. The summed E-state index contributed by atoms with van der Waals surface area (Å²) in [6.45, 7) is 5.86. The molecule has 2 aromatic carbocycles. The number of carboxylic acid groups (broad SMARTS) is 1. The minimum atomic E-state index is -1.25. The number of imide groups is 1. The zero-order valence-electron chi connectivity index (χ0n) is 24.4. The quantitative estimate of drug-likeness (QED) is 0.296. The van der Waals surface area contributed by atoms with Crippen LogP contribution in [0.3, 0.4) is 0 Å². The molecule has 0 bridgehead atoms. The summed E-state index contributed by atoms with van der Waals surface area (Å²) in [6, 6.07) is 12.9. The zero-order valence-corrected chi connectivity index (χ0v) is 24.4. The molecule has 5 rings (SSSR count). The Morgan fingerprint density at radius 1 is 1.12 bits per heavy atom. The number of benzene rings is 2. The highest BCUT2D eigenvalue weighted by Crippen LogP contribution is 2.35. The Hall–Kier alpha value is -4.44. The van der Waals surface area contributed by atoms with E-state index in [1.54, 1.807) is 4.90 Å². The van der Waals surface area contributed by atoms with Crippen molar-refractivity contribution in [1.82, 2.24) is 14.5 Å². The van der Waals surface area contributed by atoms with Crippen LogP contribution in [0.5, 0.6) is 0 Å². The number of oxazole rings is 1. The maximum atomic E-state index is 14.6. The van der Waals surface area contributed by atoms with Gasteiger partial charge in [0.05, 0.1) is 6.04 Å². The number of hydrogen-bond donors (Lipinski definition) is 2. The van der Waals surface area contributed by atoms with E-state index < -0.39 is 30.0 Å². The highest BCUT2D eigenvalue weighted by atomic mass is 16.4. The molecule has 0 fully saturated rings. The lowest BCUT2D eigenvalue weighted by atomic mass is 9.99. The topological polar surface area (TPSA) is 135 Å². The van der Waals surface area contributed by atoms with Crippen LogP contribution in [0, 0.1) is 12.8 Å². The van der Waals surface area contributed by atoms with Crippen molar-refractivity contribution in [2.45, 2.75) is 58.5 Å². The highest BCUT2D eigenvalue weighted by Gasteiger charge is 2.41. The second-order valence-electron chi connectivity index (χ2n) is 11.4. The predicted octanol–water partition coefficient (Wildman–Crippen LogP) is 5.23. The SMILES string of the molecule is Cc1oc([C@@H](Cc2cn(C)c3ccccc23)N(C(=O)[C@@H](N)CC(C)C)C(=O)N2CCCc3ccccc32)nc1C(=O)O. The van der Waals surface area contributed by atoms with E-state index in [9.17, 15) is 19.5 Å². The van der Waals surface area contributed by atoms with Crippen LogP contribution in [0.4, 0.5) is 10.5 Å². The molecule has 220 valence electrons. The van der Waals surface area contributed by atoms with Crippen LogP contribution in [-0.2, 0) is 24.7 Å². The molecule has 0 radical (unpaired) electrons. The van der Waals surface area contributed by atoms with Crippen LogP contribution < -0.4 is 10.6 Å². The number of carbonyl (C=O) groups is 3. The molecule has 10 heteroatoms. The molecule has 1 aliphatic rings. The lowest BCUT2D eigenvalue weighted by molar-refractivity contribution is -0.132. The molecule has 0 saturated carbocycles. The van der Waals surface area contributed by atoms with Gasteiger partial charge in [0.25, 0.3) is 0 Å². The lowest BCUT2D eigenvalue weighted by Gasteiger charge is -2.37. The first kappa shape index (κ1) is 29.1. The number of hydrogen-bond acceptors (Lipinski definition) is 6. The Balaban J connectivity index is 1.67. The first-order valence-corrected chi connectivity index (χ1v) is 14.3. The smallest absolute Gasteiger partial charge is 0.358 e. The number of nitrogens with zero attached hydrogens (tertiary/aromatic N) is 4. The third kappa shape index (κ3) is 5.54. The number of aromatic carboxylic acids is 1. The van der Waals surface area contributed by atoms with Gasteiger partial charge >= 0.3 is 12.0 Å². The van der Waals surface area contributed by atoms with E-state index in [1.165, 1.54) is 6.92 Å². The number of carboxylic acids is 1. The van der Waals surface area contributed by atoms with Gasteiger partial charge in [0, 0.05) is 42.8 Å². The molecule has 10 nitrogen and oxygen atoms in total. The fourth-order valence-electron chi connectivity index (χ4n) is 5.87. The molecule has 42 heavy (non-hydrogen) atoms. The fraction of sp³-hybridized carbons (Fsp3) is 0.375. The number of para-hydroxylation sites is 2. The molecular formula is C32H37N5O5. The first-order chi connectivity index (χ1) is 20.1. The molecule has 0 spiro atoms. The molecular weight excluding hydrogens is 534 g/mol. The van der Waals surface area contributed by atoms with Gasteiger partial charge in [-0.3, -0.25) is 9.69 Å². The van der Waals surface area contributed by atoms with E-state index in [2.05, 4.69) is 4.98 Å². The summed E-state index contributed by atoms with van der Waals surface area (Å²) in [5, 5.41) is 10.7. The molecule has 3 heterocycles. The van der Waals surface area contributed by atoms with Crippen molar-refractivity contribution in [3.8, 4) is 0 Å². The maximum absolute atomic E-state index is 14.6. The standard InChI is InChI=1S/C32H37N5O5/c1-19(2)16-24(33)30(38)37(32(41)36-15-9-11-21-10-5-7-13-25(21)36)27(29-34-28(31(39)40)20(3)42-29)17-22-18-35(4)26-14-8-6-12-23(22)26/h5-8,10,12-14,18-19,24,27H,9,11,15-17,33H2,1-4H3,(H,39,40)/t24-,27+/m0/s1. The van der Waals surface area contributed by atoms with Gasteiger partial charge in [0.2, 0.25) is 11.8 Å². The van der Waals surface area contributed by atoms with Gasteiger partial charge in [0.1, 0.15) is 11.8 Å². The average molecular weight is 572 g/mol. The largest absolute Gasteiger partial charge is 0.476 e. The average Bonchev–Trinajstić information content (AvgIpc) is 3.51. The van der Waals surface area contributed by atoms with Crippen LogP contribution >= 0.6 is 0 Å². The normalized spacial score (nSPS) is 14.6. The van der Waals surface area contributed by atoms with E-state index in [-0.39, 0.29) is 29.7 Å². The molecule has 0 saturated heterocycles. The number of anilines is 1. The van der Waals surface area contributed by atoms with Crippen LogP contribution in [0.25, 0.3) is 10.9 Å². The summed E-state index contributed by atoms with van der Waals surface area (Å²) in [6.07, 6.45) is 4.02. The van der Waals surface area contributed by atoms with Gasteiger partial charge in [-0.15, -0.1) is 0 Å². The molecule has 4 aromatic rings. The zero-order chi connectivity index (χ0) is 30.1. The predicted molar refractivity (Wildman–Crippen MR) is 159 cm³/mol. The van der Waals surface area contributed by atoms with Crippen molar-refractivity contribution in [2.75, 3.05) is 11.4 Å². The molecule has 0 aliphatic carbocycles. The van der Waals surface area contributed by atoms with E-state index in [0.717, 1.165) is 45.5 Å². The van der Waals surface area contributed by atoms with E-state index in [1.807, 2.05) is 80.2 Å². The van der Waals surface area contributed by atoms with Gasteiger partial charge in [-0.1, -0.05) is 50.2 Å². The minimum absolute atomic E-state index is 0.0263. The summed E-state index contributed by atoms with van der Waals surface area (Å²) >= 11 is 0. The highest BCUT2D eigenvalue weighted by molar-refractivity contribution is 6.05. The summed E-state index contributed by atoms with van der Waals surface area (Å²) in [5.41, 5.74) is 9.78. The van der Waals surface area contributed by atoms with Gasteiger partial charge in [-0.05, 0) is 55.4 Å². The van der Waals surface area contributed by atoms with Crippen molar-refractivity contribution in [2.24, 2.45) is 18.7 Å². The Labute approximate surface area is 244 Å². The number of rotatable bonds is 8. The summed E-state index contributed by atoms with van der Waals surface area (Å²) in [4.78, 5) is 47.8. The van der Waals surface area contributed by atoms with Gasteiger partial charge in [0.15, 0.2) is 5.69 Å². The van der Waals surface area contributed by atoms with Crippen molar-refractivity contribution in [3.05, 3.63) is 83.2 Å². The maximum Gasteiger partial charge on any atom is 0.358 e. The number of carbonyl (C=O) groups excluding carboxylic acids is 2. The molecule has 2 aromatic heterocycles. The van der Waals surface area contributed by atoms with Gasteiger partial charge < -0.3 is 19.8 Å². The summed E-state index contributed by atoms with van der Waals surface area (Å²) in [7, 11) is 1.93. The lowest BCUT2D eigenvalue weighted by Crippen LogP contribution is -2.54. The van der Waals surface area contributed by atoms with Gasteiger partial charge in [-0.25, -0.2) is 19.5 Å². The van der Waals surface area contributed by atoms with E-state index in [4.69, 9.17) is 10.2 Å². The second kappa shape index (κ2) is 11.8. The van der Waals surface area contributed by atoms with Gasteiger partial charge in [-0.2, -0.15) is 0 Å². The van der Waals surface area contributed by atoms with Crippen LogP contribution in [-0.4, -0.2) is 50.1 Å². The van der Waals surface area contributed by atoms with Crippen molar-refractivity contribution in [1.29, 1.82) is 0 Å². The molecule has 3 amide bonds. The monoisotopic (exact) mass is 571 g/mol. The minimum Gasteiger partial charge on any atom is -0.476 e. The molecule has 1 aliphatic heterocycles. The molecule has 2 atom stereocenters. The number of aryl methyl sites for hydroxylation is 3. The number of fused-ring (bicyclic) bond motifs is 2. The number of amides is 3. The Morgan fingerprint density at radius 2 is 1.83 bits per heavy atom. The third-order valence-corrected chi connectivity index (χ3v) is 7.83. The van der Waals surface area contributed by atoms with Crippen LogP contribution in [0.1, 0.15) is 66.0 Å². The van der Waals surface area contributed by atoms with Crippen molar-refractivity contribution in [3.63, 3.8) is 0 Å². The van der Waals surface area contributed by atoms with Crippen LogP contribution in [0.15, 0.2) is 59.1 Å². The van der Waals surface area contributed by atoms with Crippen molar-refractivity contribution >= 4 is 34.5 Å². The summed E-state index contributed by atoms with van der Waals surface area (Å²) in [5.74, 6) is -1.64. The van der Waals surface area contributed by atoms with E-state index in [0.29, 0.717) is 13.0 Å². The Bertz CT molecular complexity index is 1640. The van der Waals surface area contributed by atoms with E-state index >= 15 is 0 Å². The van der Waals surface area contributed by atoms with Crippen molar-refractivity contribution < 1.29 is 23.9 Å². The third-order valence-electron chi connectivity index (χ3n) is 7.83. The first-order valence-electron chi connectivity index (χ1n) is 14.3. The second-order valence-corrected chi connectivity index (χ2v) is 11.4. The number of nitrogens with two attached hydrogens (primary N) is 1. The van der Waals surface area contributed by atoms with Crippen LogP contribution in [0.2, 0.25) is 0 Å². The summed E-state index contributed by atoms with van der Waals surface area (Å²) < 4.78 is 7.90. The number of urea groups is 1. The molecule has 3 N–H and O–H groups in total.